The van der Waals surface area contributed by atoms with E-state index in [1.165, 1.54) is 0 Å². The third-order valence-corrected chi connectivity index (χ3v) is 8.02. The van der Waals surface area contributed by atoms with Gasteiger partial charge in [0.25, 0.3) is 0 Å². The minimum absolute atomic E-state index is 0.0778. The molecular weight excluding hydrogens is 500 g/mol. The number of carboxylic acid groups (broad SMARTS) is 1. The minimum atomic E-state index is -0.705. The number of carboxylic acids is 1. The largest absolute Gasteiger partial charge is 0.488 e. The van der Waals surface area contributed by atoms with E-state index in [2.05, 4.69) is 35.9 Å². The lowest BCUT2D eigenvalue weighted by atomic mass is 9.87. The van der Waals surface area contributed by atoms with Crippen molar-refractivity contribution in [1.82, 2.24) is 9.88 Å². The molecule has 204 valence electrons. The average Bonchev–Trinajstić information content (AvgIpc) is 3.37. The highest BCUT2D eigenvalue weighted by atomic mass is 32.1. The Bertz CT molecular complexity index is 1250. The molecule has 8 nitrogen and oxygen atoms in total. The number of carbonyl (C=O) groups is 1. The molecule has 2 atom stereocenters. The Morgan fingerprint density at radius 3 is 2.82 bits per heavy atom. The first-order valence-electron chi connectivity index (χ1n) is 13.0. The predicted molar refractivity (Wildman–Crippen MR) is 153 cm³/mol. The molecular formula is C29H38N4O4S. The van der Waals surface area contributed by atoms with Crippen LogP contribution in [-0.4, -0.2) is 61.4 Å². The van der Waals surface area contributed by atoms with Gasteiger partial charge in [-0.05, 0) is 50.1 Å². The van der Waals surface area contributed by atoms with Crippen molar-refractivity contribution in [3.63, 3.8) is 0 Å². The minimum Gasteiger partial charge on any atom is -0.488 e. The first-order valence-corrected chi connectivity index (χ1v) is 13.8. The first kappa shape index (κ1) is 27.9. The number of nitrogen functional groups attached to an aromatic ring is 1. The molecule has 0 saturated carbocycles. The third kappa shape index (κ3) is 6.83. The van der Waals surface area contributed by atoms with Gasteiger partial charge in [0, 0.05) is 55.5 Å². The second-order valence-electron chi connectivity index (χ2n) is 10.2. The fourth-order valence-corrected chi connectivity index (χ4v) is 5.72. The van der Waals surface area contributed by atoms with Crippen LogP contribution in [0.15, 0.2) is 41.8 Å². The Kier molecular flexibility index (Phi) is 9.25. The van der Waals surface area contributed by atoms with Crippen molar-refractivity contribution in [3.05, 3.63) is 58.5 Å². The zero-order valence-corrected chi connectivity index (χ0v) is 23.5. The summed E-state index contributed by atoms with van der Waals surface area (Å²) in [5.41, 5.74) is 12.1. The van der Waals surface area contributed by atoms with Crippen molar-refractivity contribution in [1.29, 1.82) is 0 Å². The molecule has 3 aromatic rings. The highest BCUT2D eigenvalue weighted by Crippen LogP contribution is 2.36. The lowest BCUT2D eigenvalue weighted by Gasteiger charge is -2.34. The van der Waals surface area contributed by atoms with Gasteiger partial charge in [-0.25, -0.2) is 4.98 Å². The first-order chi connectivity index (χ1) is 18.2. The van der Waals surface area contributed by atoms with Gasteiger partial charge in [-0.2, -0.15) is 0 Å². The summed E-state index contributed by atoms with van der Waals surface area (Å²) in [7, 11) is 3.77. The number of nitrogens with two attached hydrogens (primary N) is 1. The SMILES string of the molecule is COCCN(C)Cc1ccc(COc2ccc(C)cc2-c2csc(N3CC[C@@H](C(=O)O)[C@@H](C)C3)n2)c(N)c1. The summed E-state index contributed by atoms with van der Waals surface area (Å²) in [5, 5.41) is 12.4. The molecule has 1 aliphatic rings. The zero-order valence-electron chi connectivity index (χ0n) is 22.6. The number of hydrogen-bond donors (Lipinski definition) is 2. The predicted octanol–water partition coefficient (Wildman–Crippen LogP) is 4.90. The molecule has 1 aromatic heterocycles. The number of aromatic nitrogens is 1. The van der Waals surface area contributed by atoms with Crippen LogP contribution in [0.5, 0.6) is 5.75 Å². The summed E-state index contributed by atoms with van der Waals surface area (Å²) in [5.74, 6) is -0.161. The second-order valence-corrected chi connectivity index (χ2v) is 11.1. The van der Waals surface area contributed by atoms with Crippen LogP contribution in [-0.2, 0) is 22.7 Å². The summed E-state index contributed by atoms with van der Waals surface area (Å²) >= 11 is 1.59. The molecule has 0 aliphatic carbocycles. The van der Waals surface area contributed by atoms with Gasteiger partial charge in [-0.3, -0.25) is 9.69 Å². The smallest absolute Gasteiger partial charge is 0.306 e. The maximum atomic E-state index is 11.5. The van der Waals surface area contributed by atoms with E-state index >= 15 is 0 Å². The van der Waals surface area contributed by atoms with Crippen molar-refractivity contribution in [2.45, 2.75) is 33.4 Å². The number of rotatable bonds is 11. The molecule has 0 bridgehead atoms. The van der Waals surface area contributed by atoms with Gasteiger partial charge in [-0.15, -0.1) is 11.3 Å². The Balaban J connectivity index is 1.45. The van der Waals surface area contributed by atoms with E-state index in [9.17, 15) is 9.90 Å². The number of hydrogen-bond acceptors (Lipinski definition) is 8. The van der Waals surface area contributed by atoms with Crippen LogP contribution in [0.25, 0.3) is 11.3 Å². The van der Waals surface area contributed by atoms with Gasteiger partial charge in [-0.1, -0.05) is 30.7 Å². The molecule has 1 aliphatic heterocycles. The molecule has 1 saturated heterocycles. The Morgan fingerprint density at radius 2 is 2.11 bits per heavy atom. The summed E-state index contributed by atoms with van der Waals surface area (Å²) in [6, 6.07) is 12.3. The third-order valence-electron chi connectivity index (χ3n) is 7.12. The van der Waals surface area contributed by atoms with Crippen LogP contribution < -0.4 is 15.4 Å². The van der Waals surface area contributed by atoms with E-state index in [1.54, 1.807) is 18.4 Å². The van der Waals surface area contributed by atoms with E-state index in [-0.39, 0.29) is 11.8 Å². The summed E-state index contributed by atoms with van der Waals surface area (Å²) in [6.07, 6.45) is 0.633. The Hall–Kier alpha value is -3.14. The summed E-state index contributed by atoms with van der Waals surface area (Å²) in [4.78, 5) is 20.8. The van der Waals surface area contributed by atoms with Crippen LogP contribution in [0, 0.1) is 18.8 Å². The number of likely N-dealkylation sites (N-methyl/N-ethyl adjacent to an activating group) is 1. The van der Waals surface area contributed by atoms with Crippen LogP contribution >= 0.6 is 11.3 Å². The molecule has 2 aromatic carbocycles. The van der Waals surface area contributed by atoms with Gasteiger partial charge < -0.3 is 25.2 Å². The van der Waals surface area contributed by atoms with Gasteiger partial charge >= 0.3 is 5.97 Å². The maximum absolute atomic E-state index is 11.5. The van der Waals surface area contributed by atoms with Crippen molar-refractivity contribution < 1.29 is 19.4 Å². The van der Waals surface area contributed by atoms with Crippen LogP contribution in [0.2, 0.25) is 0 Å². The van der Waals surface area contributed by atoms with E-state index in [0.29, 0.717) is 38.4 Å². The maximum Gasteiger partial charge on any atom is 0.306 e. The van der Waals surface area contributed by atoms with Crippen molar-refractivity contribution in [3.8, 4) is 17.0 Å². The molecule has 9 heteroatoms. The second kappa shape index (κ2) is 12.6. The van der Waals surface area contributed by atoms with Crippen molar-refractivity contribution >= 4 is 28.1 Å². The highest BCUT2D eigenvalue weighted by molar-refractivity contribution is 7.14. The number of ether oxygens (including phenoxy) is 2. The fourth-order valence-electron chi connectivity index (χ4n) is 4.86. The van der Waals surface area contributed by atoms with E-state index < -0.39 is 5.97 Å². The zero-order chi connectivity index (χ0) is 27.2. The molecule has 0 amide bonds. The van der Waals surface area contributed by atoms with E-state index in [4.69, 9.17) is 20.2 Å². The Morgan fingerprint density at radius 1 is 1.29 bits per heavy atom. The summed E-state index contributed by atoms with van der Waals surface area (Å²) < 4.78 is 11.4. The highest BCUT2D eigenvalue weighted by Gasteiger charge is 2.32. The molecule has 0 unspecified atom stereocenters. The lowest BCUT2D eigenvalue weighted by Crippen LogP contribution is -2.42. The van der Waals surface area contributed by atoms with Gasteiger partial charge in [0.1, 0.15) is 12.4 Å². The molecule has 0 radical (unpaired) electrons. The van der Waals surface area contributed by atoms with Gasteiger partial charge in [0.2, 0.25) is 0 Å². The van der Waals surface area contributed by atoms with E-state index in [1.807, 2.05) is 36.6 Å². The number of nitrogens with zero attached hydrogens (tertiary/aromatic N) is 3. The lowest BCUT2D eigenvalue weighted by molar-refractivity contribution is -0.144. The van der Waals surface area contributed by atoms with Gasteiger partial charge in [0.05, 0.1) is 18.2 Å². The standard InChI is InChI=1S/C29H38N4O4S/c1-19-5-8-27(37-17-22-7-6-21(14-25(22)30)16-32(3)11-12-36-4)24(13-19)26-18-38-29(31-26)33-10-9-23(28(34)35)20(2)15-33/h5-8,13-14,18,20,23H,9-12,15-17,30H2,1-4H3,(H,34,35)/t20-,23+/m0/s1. The number of aryl methyl sites for hydroxylation is 1. The normalized spacial score (nSPS) is 17.7. The topological polar surface area (TPSA) is 101 Å². The van der Waals surface area contributed by atoms with E-state index in [0.717, 1.165) is 51.9 Å². The Labute approximate surface area is 229 Å². The quantitative estimate of drug-likeness (QED) is 0.332. The number of methoxy groups -OCH3 is 1. The molecule has 1 fully saturated rings. The molecule has 38 heavy (non-hydrogen) atoms. The number of anilines is 2. The molecule has 4 rings (SSSR count). The van der Waals surface area contributed by atoms with Gasteiger partial charge in [0.15, 0.2) is 5.13 Å². The van der Waals surface area contributed by atoms with Crippen LogP contribution in [0.4, 0.5) is 10.8 Å². The van der Waals surface area contributed by atoms with Crippen molar-refractivity contribution in [2.24, 2.45) is 11.8 Å². The average molecular weight is 539 g/mol. The number of thiazole rings is 1. The number of benzene rings is 2. The summed E-state index contributed by atoms with van der Waals surface area (Å²) in [6.45, 7) is 8.16. The number of piperidine rings is 1. The molecule has 0 spiro atoms. The fraction of sp³-hybridized carbons (Fsp3) is 0.448. The van der Waals surface area contributed by atoms with Crippen LogP contribution in [0.1, 0.15) is 30.0 Å². The van der Waals surface area contributed by atoms with Crippen LogP contribution in [0.3, 0.4) is 0 Å². The monoisotopic (exact) mass is 538 g/mol. The van der Waals surface area contributed by atoms with Crippen molar-refractivity contribution in [2.75, 3.05) is 51.0 Å². The number of aliphatic carboxylic acids is 1. The molecule has 2 heterocycles. The molecule has 3 N–H and O–H groups in total.